The standard InChI is InChI=1S/C19H27NO2/c21-17-10-5-12-19(17)13-6-14-20(15-19)18(22)11-4-9-16-7-2-1-3-8-16/h1-3,7-8,17,21H,4-6,9-15H2/t17-,19+/m1/s1. The van der Waals surface area contributed by atoms with Crippen LogP contribution in [0.15, 0.2) is 30.3 Å². The molecular weight excluding hydrogens is 274 g/mol. The molecule has 0 radical (unpaired) electrons. The molecule has 120 valence electrons. The summed E-state index contributed by atoms with van der Waals surface area (Å²) in [7, 11) is 0. The van der Waals surface area contributed by atoms with Crippen LogP contribution >= 0.6 is 0 Å². The zero-order chi connectivity index (χ0) is 15.4. The van der Waals surface area contributed by atoms with Crippen LogP contribution in [-0.2, 0) is 11.2 Å². The SMILES string of the molecule is O=C(CCCc1ccccc1)N1CCC[C@@]2(CCC[C@H]2O)C1. The van der Waals surface area contributed by atoms with E-state index in [1.807, 2.05) is 23.1 Å². The number of aryl methyl sites for hydroxylation is 1. The van der Waals surface area contributed by atoms with Crippen LogP contribution in [0.25, 0.3) is 0 Å². The van der Waals surface area contributed by atoms with Gasteiger partial charge in [0.25, 0.3) is 0 Å². The number of hydrogen-bond donors (Lipinski definition) is 1. The Morgan fingerprint density at radius 2 is 2.00 bits per heavy atom. The van der Waals surface area contributed by atoms with Crippen molar-refractivity contribution in [1.82, 2.24) is 4.90 Å². The number of nitrogens with zero attached hydrogens (tertiary/aromatic N) is 1. The molecule has 1 aromatic carbocycles. The zero-order valence-corrected chi connectivity index (χ0v) is 13.3. The van der Waals surface area contributed by atoms with Gasteiger partial charge in [-0.15, -0.1) is 0 Å². The highest BCUT2D eigenvalue weighted by molar-refractivity contribution is 5.76. The second kappa shape index (κ2) is 6.82. The number of benzene rings is 1. The number of hydrogen-bond acceptors (Lipinski definition) is 2. The van der Waals surface area contributed by atoms with Crippen molar-refractivity contribution in [2.24, 2.45) is 5.41 Å². The monoisotopic (exact) mass is 301 g/mol. The Balaban J connectivity index is 1.49. The molecule has 3 nitrogen and oxygen atoms in total. The van der Waals surface area contributed by atoms with Crippen molar-refractivity contribution in [3.8, 4) is 0 Å². The van der Waals surface area contributed by atoms with Crippen molar-refractivity contribution in [3.05, 3.63) is 35.9 Å². The summed E-state index contributed by atoms with van der Waals surface area (Å²) in [6.07, 6.45) is 7.54. The van der Waals surface area contributed by atoms with Crippen LogP contribution in [-0.4, -0.2) is 35.1 Å². The van der Waals surface area contributed by atoms with Crippen molar-refractivity contribution in [1.29, 1.82) is 0 Å². The predicted molar refractivity (Wildman–Crippen MR) is 87.5 cm³/mol. The summed E-state index contributed by atoms with van der Waals surface area (Å²) in [6.45, 7) is 1.65. The van der Waals surface area contributed by atoms with Crippen LogP contribution in [0.1, 0.15) is 50.5 Å². The van der Waals surface area contributed by atoms with Crippen LogP contribution in [0.2, 0.25) is 0 Å². The fraction of sp³-hybridized carbons (Fsp3) is 0.632. The normalized spacial score (nSPS) is 28.2. The number of carbonyl (C=O) groups excluding carboxylic acids is 1. The van der Waals surface area contributed by atoms with Gasteiger partial charge in [-0.2, -0.15) is 0 Å². The highest BCUT2D eigenvalue weighted by atomic mass is 16.3. The van der Waals surface area contributed by atoms with Crippen LogP contribution in [0.4, 0.5) is 0 Å². The Bertz CT molecular complexity index is 501. The lowest BCUT2D eigenvalue weighted by Gasteiger charge is -2.42. The van der Waals surface area contributed by atoms with Gasteiger partial charge in [-0.1, -0.05) is 36.8 Å². The predicted octanol–water partition coefficient (Wildman–Crippen LogP) is 3.16. The molecule has 1 spiro atoms. The van der Waals surface area contributed by atoms with Crippen LogP contribution in [0, 0.1) is 5.41 Å². The average Bonchev–Trinajstić information content (AvgIpc) is 2.88. The number of aliphatic hydroxyl groups excluding tert-OH is 1. The maximum atomic E-state index is 12.5. The Hall–Kier alpha value is -1.35. The first-order valence-corrected chi connectivity index (χ1v) is 8.69. The Kier molecular flexibility index (Phi) is 4.82. The van der Waals surface area contributed by atoms with E-state index in [1.165, 1.54) is 5.56 Å². The number of amides is 1. The molecule has 2 fully saturated rings. The quantitative estimate of drug-likeness (QED) is 0.928. The van der Waals surface area contributed by atoms with Crippen LogP contribution in [0.3, 0.4) is 0 Å². The summed E-state index contributed by atoms with van der Waals surface area (Å²) in [4.78, 5) is 14.5. The molecule has 1 aliphatic heterocycles. The molecule has 1 saturated heterocycles. The Labute approximate surface area is 133 Å². The summed E-state index contributed by atoms with van der Waals surface area (Å²) in [5.74, 6) is 0.272. The van der Waals surface area contributed by atoms with Crippen molar-refractivity contribution in [2.75, 3.05) is 13.1 Å². The van der Waals surface area contributed by atoms with E-state index < -0.39 is 0 Å². The third-order valence-corrected chi connectivity index (χ3v) is 5.52. The number of carbonyl (C=O) groups is 1. The molecule has 2 aliphatic rings. The summed E-state index contributed by atoms with van der Waals surface area (Å²) in [5, 5.41) is 10.3. The van der Waals surface area contributed by atoms with Crippen molar-refractivity contribution in [3.63, 3.8) is 0 Å². The molecule has 1 aromatic rings. The maximum Gasteiger partial charge on any atom is 0.222 e. The first-order valence-electron chi connectivity index (χ1n) is 8.69. The van der Waals surface area contributed by atoms with Crippen molar-refractivity contribution < 1.29 is 9.90 Å². The highest BCUT2D eigenvalue weighted by Gasteiger charge is 2.45. The van der Waals surface area contributed by atoms with Crippen molar-refractivity contribution in [2.45, 2.75) is 57.5 Å². The van der Waals surface area contributed by atoms with Crippen LogP contribution in [0.5, 0.6) is 0 Å². The second-order valence-corrected chi connectivity index (χ2v) is 7.03. The van der Waals surface area contributed by atoms with Gasteiger partial charge in [0.05, 0.1) is 6.10 Å². The molecule has 1 aliphatic carbocycles. The molecule has 0 unspecified atom stereocenters. The second-order valence-electron chi connectivity index (χ2n) is 7.03. The van der Waals surface area contributed by atoms with Crippen molar-refractivity contribution >= 4 is 5.91 Å². The number of rotatable bonds is 4. The highest BCUT2D eigenvalue weighted by Crippen LogP contribution is 2.45. The van der Waals surface area contributed by atoms with E-state index >= 15 is 0 Å². The van der Waals surface area contributed by atoms with E-state index in [0.29, 0.717) is 6.42 Å². The minimum absolute atomic E-state index is 0.00728. The van der Waals surface area contributed by atoms with Gasteiger partial charge in [-0.25, -0.2) is 0 Å². The third kappa shape index (κ3) is 3.35. The first kappa shape index (κ1) is 15.5. The summed E-state index contributed by atoms with van der Waals surface area (Å²) in [5.41, 5.74) is 1.31. The lowest BCUT2D eigenvalue weighted by molar-refractivity contribution is -0.136. The van der Waals surface area contributed by atoms with E-state index in [0.717, 1.165) is 58.0 Å². The maximum absolute atomic E-state index is 12.5. The van der Waals surface area contributed by atoms with E-state index in [9.17, 15) is 9.90 Å². The molecule has 3 heteroatoms. The molecule has 1 heterocycles. The van der Waals surface area contributed by atoms with E-state index in [1.54, 1.807) is 0 Å². The van der Waals surface area contributed by atoms with Gasteiger partial charge in [0, 0.05) is 24.9 Å². The van der Waals surface area contributed by atoms with E-state index in [4.69, 9.17) is 0 Å². The number of aliphatic hydroxyl groups is 1. The fourth-order valence-corrected chi connectivity index (χ4v) is 4.22. The van der Waals surface area contributed by atoms with Gasteiger partial charge in [0.15, 0.2) is 0 Å². The van der Waals surface area contributed by atoms with Gasteiger partial charge in [-0.05, 0) is 44.1 Å². The fourth-order valence-electron chi connectivity index (χ4n) is 4.22. The summed E-state index contributed by atoms with van der Waals surface area (Å²) < 4.78 is 0. The minimum atomic E-state index is -0.201. The molecule has 1 amide bonds. The van der Waals surface area contributed by atoms with Gasteiger partial charge < -0.3 is 10.0 Å². The lowest BCUT2D eigenvalue weighted by atomic mass is 9.76. The summed E-state index contributed by atoms with van der Waals surface area (Å²) in [6, 6.07) is 10.4. The Morgan fingerprint density at radius 3 is 2.73 bits per heavy atom. The third-order valence-electron chi connectivity index (χ3n) is 5.52. The molecule has 3 rings (SSSR count). The topological polar surface area (TPSA) is 40.5 Å². The zero-order valence-electron chi connectivity index (χ0n) is 13.3. The largest absolute Gasteiger partial charge is 0.392 e. The molecule has 2 atom stereocenters. The molecule has 0 aromatic heterocycles. The summed E-state index contributed by atoms with van der Waals surface area (Å²) >= 11 is 0. The number of piperidine rings is 1. The van der Waals surface area contributed by atoms with Gasteiger partial charge in [-0.3, -0.25) is 4.79 Å². The van der Waals surface area contributed by atoms with Crippen LogP contribution < -0.4 is 0 Å². The van der Waals surface area contributed by atoms with E-state index in [-0.39, 0.29) is 17.4 Å². The number of likely N-dealkylation sites (tertiary alicyclic amines) is 1. The molecule has 1 N–H and O–H groups in total. The molecule has 0 bridgehead atoms. The minimum Gasteiger partial charge on any atom is -0.392 e. The molecule has 22 heavy (non-hydrogen) atoms. The van der Waals surface area contributed by atoms with Gasteiger partial charge in [0.2, 0.25) is 5.91 Å². The van der Waals surface area contributed by atoms with E-state index in [2.05, 4.69) is 12.1 Å². The van der Waals surface area contributed by atoms with Gasteiger partial charge in [0.1, 0.15) is 0 Å². The molecule has 1 saturated carbocycles. The lowest BCUT2D eigenvalue weighted by Crippen LogP contribution is -2.49. The molecular formula is C19H27NO2. The van der Waals surface area contributed by atoms with Gasteiger partial charge >= 0.3 is 0 Å². The first-order chi connectivity index (χ1) is 10.7. The Morgan fingerprint density at radius 1 is 1.23 bits per heavy atom. The smallest absolute Gasteiger partial charge is 0.222 e. The average molecular weight is 301 g/mol.